The fraction of sp³-hybridized carbons (Fsp3) is 0.571. The molecule has 0 aliphatic carbocycles. The molecule has 0 amide bonds. The molecule has 1 rings (SSSR count). The molecule has 1 aromatic heterocycles. The third-order valence-electron chi connectivity index (χ3n) is 1.52. The van der Waals surface area contributed by atoms with Crippen LogP contribution in [0.15, 0.2) is 5.38 Å². The quantitative estimate of drug-likeness (QED) is 0.790. The van der Waals surface area contributed by atoms with Crippen LogP contribution in [0.2, 0.25) is 5.15 Å². The van der Waals surface area contributed by atoms with Gasteiger partial charge in [0.05, 0.1) is 0 Å². The van der Waals surface area contributed by atoms with Gasteiger partial charge in [-0.25, -0.2) is 4.98 Å². The van der Waals surface area contributed by atoms with Crippen molar-refractivity contribution in [3.63, 3.8) is 0 Å². The van der Waals surface area contributed by atoms with Gasteiger partial charge in [0, 0.05) is 18.0 Å². The summed E-state index contributed by atoms with van der Waals surface area (Å²) in [5, 5.41) is 6.28. The van der Waals surface area contributed by atoms with Gasteiger partial charge >= 0.3 is 0 Å². The van der Waals surface area contributed by atoms with Crippen LogP contribution in [-0.4, -0.2) is 17.6 Å². The van der Waals surface area contributed by atoms with Crippen LogP contribution in [0, 0.1) is 0 Å². The number of thiazole rings is 1. The first kappa shape index (κ1) is 9.77. The van der Waals surface area contributed by atoms with Crippen LogP contribution in [0.4, 0.5) is 5.13 Å². The first-order valence-corrected chi connectivity index (χ1v) is 5.08. The zero-order valence-corrected chi connectivity index (χ0v) is 8.45. The molecular weight excluding hydrogens is 194 g/mol. The molecule has 0 spiro atoms. The molecule has 1 aromatic rings. The molecule has 0 radical (unpaired) electrons. The van der Waals surface area contributed by atoms with E-state index >= 15 is 0 Å². The summed E-state index contributed by atoms with van der Waals surface area (Å²) in [4.78, 5) is 4.03. The first-order chi connectivity index (χ1) is 5.72. The normalized spacial score (nSPS) is 12.9. The highest BCUT2D eigenvalue weighted by Gasteiger charge is 2.01. The number of nitrogens with one attached hydrogen (secondary N) is 1. The minimum atomic E-state index is 0.188. The second kappa shape index (κ2) is 4.64. The van der Waals surface area contributed by atoms with E-state index in [4.69, 9.17) is 17.3 Å². The molecule has 0 aliphatic heterocycles. The van der Waals surface area contributed by atoms with Gasteiger partial charge in [0.1, 0.15) is 5.15 Å². The van der Waals surface area contributed by atoms with Gasteiger partial charge in [0.2, 0.25) is 0 Å². The Kier molecular flexibility index (Phi) is 3.78. The summed E-state index contributed by atoms with van der Waals surface area (Å²) < 4.78 is 0. The van der Waals surface area contributed by atoms with Crippen molar-refractivity contribution in [3.8, 4) is 0 Å². The molecule has 3 nitrogen and oxygen atoms in total. The Morgan fingerprint density at radius 1 is 1.83 bits per heavy atom. The Balaban J connectivity index is 2.33. The third kappa shape index (κ3) is 2.97. The minimum Gasteiger partial charge on any atom is -0.360 e. The highest BCUT2D eigenvalue weighted by molar-refractivity contribution is 7.14. The van der Waals surface area contributed by atoms with Crippen LogP contribution in [0.1, 0.15) is 13.3 Å². The van der Waals surface area contributed by atoms with Gasteiger partial charge in [-0.3, -0.25) is 0 Å². The maximum Gasteiger partial charge on any atom is 0.184 e. The van der Waals surface area contributed by atoms with Crippen LogP contribution >= 0.6 is 22.9 Å². The number of nitrogens with zero attached hydrogens (tertiary/aromatic N) is 1. The van der Waals surface area contributed by atoms with Crippen molar-refractivity contribution in [1.29, 1.82) is 0 Å². The molecule has 0 aliphatic rings. The van der Waals surface area contributed by atoms with Gasteiger partial charge in [0.15, 0.2) is 5.13 Å². The Labute approximate surface area is 80.9 Å². The van der Waals surface area contributed by atoms with E-state index in [0.717, 1.165) is 18.1 Å². The number of hydrogen-bond donors (Lipinski definition) is 2. The van der Waals surface area contributed by atoms with Gasteiger partial charge in [-0.05, 0) is 6.42 Å². The van der Waals surface area contributed by atoms with Crippen molar-refractivity contribution >= 4 is 28.1 Å². The average Bonchev–Trinajstić information content (AvgIpc) is 2.47. The van der Waals surface area contributed by atoms with Gasteiger partial charge in [0.25, 0.3) is 0 Å². The fourth-order valence-electron chi connectivity index (χ4n) is 0.698. The molecule has 0 saturated carbocycles. The summed E-state index contributed by atoms with van der Waals surface area (Å²) in [5.41, 5.74) is 5.71. The lowest BCUT2D eigenvalue weighted by atomic mass is 10.2. The topological polar surface area (TPSA) is 50.9 Å². The molecule has 0 fully saturated rings. The zero-order valence-electron chi connectivity index (χ0n) is 6.88. The molecule has 1 heterocycles. The van der Waals surface area contributed by atoms with Crippen molar-refractivity contribution in [3.05, 3.63) is 10.5 Å². The second-order valence-corrected chi connectivity index (χ2v) is 3.77. The Bertz CT molecular complexity index is 238. The van der Waals surface area contributed by atoms with Crippen LogP contribution in [0.3, 0.4) is 0 Å². The first-order valence-electron chi connectivity index (χ1n) is 3.83. The summed E-state index contributed by atoms with van der Waals surface area (Å²) >= 11 is 7.13. The van der Waals surface area contributed by atoms with Gasteiger partial charge in [-0.1, -0.05) is 18.5 Å². The molecule has 5 heteroatoms. The molecule has 12 heavy (non-hydrogen) atoms. The van der Waals surface area contributed by atoms with Crippen molar-refractivity contribution in [2.24, 2.45) is 5.73 Å². The van der Waals surface area contributed by atoms with Crippen LogP contribution in [0.25, 0.3) is 0 Å². The van der Waals surface area contributed by atoms with E-state index in [1.54, 1.807) is 5.38 Å². The number of hydrogen-bond acceptors (Lipinski definition) is 4. The van der Waals surface area contributed by atoms with Crippen molar-refractivity contribution in [2.45, 2.75) is 19.4 Å². The smallest absolute Gasteiger partial charge is 0.184 e. The number of anilines is 1. The van der Waals surface area contributed by atoms with Gasteiger partial charge in [-0.15, -0.1) is 11.3 Å². The molecule has 3 N–H and O–H groups in total. The van der Waals surface area contributed by atoms with E-state index < -0.39 is 0 Å². The number of nitrogens with two attached hydrogens (primary N) is 1. The van der Waals surface area contributed by atoms with E-state index in [0.29, 0.717) is 5.15 Å². The summed E-state index contributed by atoms with van der Waals surface area (Å²) in [6, 6.07) is 0.188. The maximum atomic E-state index is 5.71. The average molecular weight is 206 g/mol. The SMILES string of the molecule is CCC(N)CNc1nc(Cl)cs1. The largest absolute Gasteiger partial charge is 0.360 e. The standard InChI is InChI=1S/C7H12ClN3S/c1-2-5(9)3-10-7-11-6(8)4-12-7/h4-5H,2-3,9H2,1H3,(H,10,11). The lowest BCUT2D eigenvalue weighted by molar-refractivity contribution is 0.679. The van der Waals surface area contributed by atoms with Crippen LogP contribution in [-0.2, 0) is 0 Å². The molecule has 1 atom stereocenters. The number of rotatable bonds is 4. The maximum absolute atomic E-state index is 5.71. The van der Waals surface area contributed by atoms with Crippen molar-refractivity contribution in [2.75, 3.05) is 11.9 Å². The zero-order chi connectivity index (χ0) is 8.97. The molecular formula is C7H12ClN3S. The minimum absolute atomic E-state index is 0.188. The highest BCUT2D eigenvalue weighted by Crippen LogP contribution is 2.18. The van der Waals surface area contributed by atoms with Crippen LogP contribution in [0.5, 0.6) is 0 Å². The highest BCUT2D eigenvalue weighted by atomic mass is 35.5. The van der Waals surface area contributed by atoms with Gasteiger partial charge in [-0.2, -0.15) is 0 Å². The lowest BCUT2D eigenvalue weighted by Gasteiger charge is -2.08. The second-order valence-electron chi connectivity index (χ2n) is 2.52. The monoisotopic (exact) mass is 205 g/mol. The Morgan fingerprint density at radius 2 is 2.58 bits per heavy atom. The predicted molar refractivity (Wildman–Crippen MR) is 53.9 cm³/mol. The molecule has 0 saturated heterocycles. The van der Waals surface area contributed by atoms with Gasteiger partial charge < -0.3 is 11.1 Å². The van der Waals surface area contributed by atoms with E-state index in [9.17, 15) is 0 Å². The number of aromatic nitrogens is 1. The summed E-state index contributed by atoms with van der Waals surface area (Å²) in [7, 11) is 0. The molecule has 1 unspecified atom stereocenters. The summed E-state index contributed by atoms with van der Waals surface area (Å²) in [6.07, 6.45) is 0.964. The molecule has 0 aromatic carbocycles. The lowest BCUT2D eigenvalue weighted by Crippen LogP contribution is -2.27. The summed E-state index contributed by atoms with van der Waals surface area (Å²) in [6.45, 7) is 2.81. The Morgan fingerprint density at radius 3 is 3.08 bits per heavy atom. The predicted octanol–water partition coefficient (Wildman–Crippen LogP) is 1.95. The van der Waals surface area contributed by atoms with E-state index in [1.165, 1.54) is 11.3 Å². The van der Waals surface area contributed by atoms with Crippen molar-refractivity contribution < 1.29 is 0 Å². The Hall–Kier alpha value is -0.320. The molecule has 0 bridgehead atoms. The van der Waals surface area contributed by atoms with E-state index in [-0.39, 0.29) is 6.04 Å². The van der Waals surface area contributed by atoms with Crippen LogP contribution < -0.4 is 11.1 Å². The van der Waals surface area contributed by atoms with E-state index in [2.05, 4.69) is 17.2 Å². The van der Waals surface area contributed by atoms with E-state index in [1.807, 2.05) is 0 Å². The number of halogens is 1. The summed E-state index contributed by atoms with van der Waals surface area (Å²) in [5.74, 6) is 0. The third-order valence-corrected chi connectivity index (χ3v) is 2.64. The molecule has 68 valence electrons. The fourth-order valence-corrected chi connectivity index (χ4v) is 1.55. The van der Waals surface area contributed by atoms with Crippen molar-refractivity contribution in [1.82, 2.24) is 4.98 Å².